The van der Waals surface area contributed by atoms with Crippen LogP contribution in [0.15, 0.2) is 6.33 Å². The van der Waals surface area contributed by atoms with E-state index in [1.807, 2.05) is 6.92 Å². The number of aryl methyl sites for hydroxylation is 1. The van der Waals surface area contributed by atoms with Crippen molar-refractivity contribution in [2.24, 2.45) is 5.14 Å². The Kier molecular flexibility index (Phi) is 4.40. The number of hydrogen-bond donors (Lipinski definition) is 3. The third-order valence-corrected chi connectivity index (χ3v) is 4.26. The highest BCUT2D eigenvalue weighted by atomic mass is 32.2. The summed E-state index contributed by atoms with van der Waals surface area (Å²) < 4.78 is 33.4. The van der Waals surface area contributed by atoms with Gasteiger partial charge in [-0.15, -0.1) is 0 Å². The average molecular weight is 358 g/mol. The molecule has 0 unspecified atom stereocenters. The van der Waals surface area contributed by atoms with Gasteiger partial charge in [-0.05, 0) is 6.42 Å². The van der Waals surface area contributed by atoms with Crippen LogP contribution >= 0.6 is 0 Å². The zero-order valence-corrected chi connectivity index (χ0v) is 13.7. The molecule has 2 aromatic heterocycles. The van der Waals surface area contributed by atoms with E-state index >= 15 is 0 Å². The van der Waals surface area contributed by atoms with Crippen LogP contribution in [0.25, 0.3) is 11.0 Å². The maximum atomic E-state index is 10.9. The first-order valence-corrected chi connectivity index (χ1v) is 8.75. The van der Waals surface area contributed by atoms with E-state index in [9.17, 15) is 13.5 Å². The fourth-order valence-electron chi connectivity index (χ4n) is 2.69. The first kappa shape index (κ1) is 17.0. The quantitative estimate of drug-likeness (QED) is 0.596. The fraction of sp³-hybridized carbons (Fsp3) is 0.583. The molecule has 1 saturated heterocycles. The largest absolute Gasteiger partial charge is 0.390 e. The van der Waals surface area contributed by atoms with Gasteiger partial charge in [0.05, 0.1) is 23.8 Å². The molecule has 0 aliphatic carbocycles. The number of nitrogen functional groups attached to an aromatic ring is 1. The predicted molar refractivity (Wildman–Crippen MR) is 82.7 cm³/mol. The molecule has 0 saturated carbocycles. The van der Waals surface area contributed by atoms with Crippen molar-refractivity contribution < 1.29 is 22.4 Å². The molecule has 132 valence electrons. The van der Waals surface area contributed by atoms with Crippen LogP contribution in [0.2, 0.25) is 0 Å². The van der Waals surface area contributed by atoms with Crippen LogP contribution in [0, 0.1) is 0 Å². The molecule has 0 spiro atoms. The van der Waals surface area contributed by atoms with Gasteiger partial charge in [0.2, 0.25) is 0 Å². The van der Waals surface area contributed by atoms with Crippen molar-refractivity contribution in [2.45, 2.75) is 38.2 Å². The third kappa shape index (κ3) is 3.18. The van der Waals surface area contributed by atoms with Gasteiger partial charge < -0.3 is 15.6 Å². The van der Waals surface area contributed by atoms with Crippen molar-refractivity contribution in [1.29, 1.82) is 0 Å². The van der Waals surface area contributed by atoms with Crippen LogP contribution in [0.3, 0.4) is 0 Å². The van der Waals surface area contributed by atoms with E-state index in [1.54, 1.807) is 0 Å². The molecule has 0 aromatic carbocycles. The standard InChI is InChI=1S/C12H18N6O5S/c1-2-6-10-11(13)15-5-16-12(10)18(17-6)9-3-7(19)8(23-9)4-22-24(14,20)21/h5,7-9,19H,2-4H2,1H3,(H2,13,15,16)(H2,14,20,21)/t7-,8-,9+/m0/s1. The van der Waals surface area contributed by atoms with Crippen molar-refractivity contribution in [3.05, 3.63) is 12.0 Å². The van der Waals surface area contributed by atoms with E-state index in [1.165, 1.54) is 11.0 Å². The molecule has 3 rings (SSSR count). The Hall–Kier alpha value is -1.86. The fourth-order valence-corrected chi connectivity index (χ4v) is 3.02. The van der Waals surface area contributed by atoms with Gasteiger partial charge in [0, 0.05) is 6.42 Å². The lowest BCUT2D eigenvalue weighted by atomic mass is 10.2. The van der Waals surface area contributed by atoms with E-state index in [-0.39, 0.29) is 13.0 Å². The second-order valence-electron chi connectivity index (χ2n) is 5.41. The minimum Gasteiger partial charge on any atom is -0.390 e. The summed E-state index contributed by atoms with van der Waals surface area (Å²) in [6.07, 6.45) is -0.276. The molecular formula is C12H18N6O5S. The van der Waals surface area contributed by atoms with Gasteiger partial charge in [0.1, 0.15) is 18.2 Å². The third-order valence-electron chi connectivity index (χ3n) is 3.80. The summed E-state index contributed by atoms with van der Waals surface area (Å²) in [5.41, 5.74) is 7.10. The van der Waals surface area contributed by atoms with Crippen LogP contribution < -0.4 is 10.9 Å². The lowest BCUT2D eigenvalue weighted by Crippen LogP contribution is -2.30. The highest BCUT2D eigenvalue weighted by molar-refractivity contribution is 7.84. The Balaban J connectivity index is 1.88. The monoisotopic (exact) mass is 358 g/mol. The topological polar surface area (TPSA) is 168 Å². The first-order valence-electron chi connectivity index (χ1n) is 7.28. The number of aromatic nitrogens is 4. The molecule has 2 aromatic rings. The molecule has 0 bridgehead atoms. The number of ether oxygens (including phenoxy) is 1. The molecule has 24 heavy (non-hydrogen) atoms. The van der Waals surface area contributed by atoms with Crippen molar-refractivity contribution in [3.63, 3.8) is 0 Å². The molecule has 0 radical (unpaired) electrons. The molecule has 11 nitrogen and oxygen atoms in total. The van der Waals surface area contributed by atoms with Crippen LogP contribution in [0.5, 0.6) is 0 Å². The average Bonchev–Trinajstić information content (AvgIpc) is 3.06. The summed E-state index contributed by atoms with van der Waals surface area (Å²) in [5, 5.41) is 19.9. The normalized spacial score (nSPS) is 24.7. The number of rotatable bonds is 5. The smallest absolute Gasteiger partial charge is 0.333 e. The SMILES string of the molecule is CCc1nn([C@H]2C[C@H](O)[C@H](COS(N)(=O)=O)O2)c2ncnc(N)c12. The van der Waals surface area contributed by atoms with Crippen LogP contribution in [0.1, 0.15) is 25.3 Å². The van der Waals surface area contributed by atoms with E-state index in [0.29, 0.717) is 29.0 Å². The Bertz CT molecular complexity index is 853. The number of aliphatic hydroxyl groups is 1. The molecule has 5 N–H and O–H groups in total. The van der Waals surface area contributed by atoms with Crippen LogP contribution in [-0.4, -0.2) is 52.1 Å². The molecule has 1 aliphatic heterocycles. The van der Waals surface area contributed by atoms with Gasteiger partial charge in [-0.1, -0.05) is 6.92 Å². The van der Waals surface area contributed by atoms with Gasteiger partial charge in [-0.3, -0.25) is 4.18 Å². The minimum absolute atomic E-state index is 0.197. The van der Waals surface area contributed by atoms with E-state index in [0.717, 1.165) is 0 Å². The van der Waals surface area contributed by atoms with Crippen molar-refractivity contribution in [3.8, 4) is 0 Å². The van der Waals surface area contributed by atoms with Gasteiger partial charge in [0.15, 0.2) is 11.9 Å². The number of hydrogen-bond acceptors (Lipinski definition) is 9. The Morgan fingerprint density at radius 2 is 2.25 bits per heavy atom. The molecule has 3 heterocycles. The highest BCUT2D eigenvalue weighted by Crippen LogP contribution is 2.32. The Morgan fingerprint density at radius 3 is 2.92 bits per heavy atom. The lowest BCUT2D eigenvalue weighted by molar-refractivity contribution is -0.0412. The lowest BCUT2D eigenvalue weighted by Gasteiger charge is -2.14. The van der Waals surface area contributed by atoms with Gasteiger partial charge in [-0.25, -0.2) is 19.8 Å². The van der Waals surface area contributed by atoms with Gasteiger partial charge in [0.25, 0.3) is 0 Å². The summed E-state index contributed by atoms with van der Waals surface area (Å²) in [5.74, 6) is 0.316. The van der Waals surface area contributed by atoms with E-state index in [4.69, 9.17) is 15.6 Å². The summed E-state index contributed by atoms with van der Waals surface area (Å²) >= 11 is 0. The minimum atomic E-state index is -4.11. The van der Waals surface area contributed by atoms with Gasteiger partial charge >= 0.3 is 10.3 Å². The molecule has 1 fully saturated rings. The second-order valence-corrected chi connectivity index (χ2v) is 6.63. The van der Waals surface area contributed by atoms with Crippen LogP contribution in [-0.2, 0) is 25.6 Å². The molecule has 1 aliphatic rings. The van der Waals surface area contributed by atoms with Gasteiger partial charge in [-0.2, -0.15) is 13.5 Å². The van der Waals surface area contributed by atoms with Crippen molar-refractivity contribution in [2.75, 3.05) is 12.3 Å². The zero-order chi connectivity index (χ0) is 17.5. The number of aliphatic hydroxyl groups excluding tert-OH is 1. The Labute approximate surface area is 137 Å². The zero-order valence-electron chi connectivity index (χ0n) is 12.9. The number of nitrogens with two attached hydrogens (primary N) is 2. The molecular weight excluding hydrogens is 340 g/mol. The number of fused-ring (bicyclic) bond motifs is 1. The summed E-state index contributed by atoms with van der Waals surface area (Å²) in [6, 6.07) is 0. The predicted octanol–water partition coefficient (Wildman–Crippen LogP) is -1.16. The van der Waals surface area contributed by atoms with Crippen molar-refractivity contribution in [1.82, 2.24) is 19.7 Å². The van der Waals surface area contributed by atoms with E-state index in [2.05, 4.69) is 19.2 Å². The maximum Gasteiger partial charge on any atom is 0.333 e. The number of anilines is 1. The first-order chi connectivity index (χ1) is 11.3. The number of nitrogens with zero attached hydrogens (tertiary/aromatic N) is 4. The summed E-state index contributed by atoms with van der Waals surface area (Å²) in [7, 11) is -4.11. The molecule has 12 heteroatoms. The van der Waals surface area contributed by atoms with E-state index < -0.39 is 28.7 Å². The highest BCUT2D eigenvalue weighted by Gasteiger charge is 2.37. The van der Waals surface area contributed by atoms with Crippen molar-refractivity contribution >= 4 is 27.2 Å². The second kappa shape index (κ2) is 6.22. The summed E-state index contributed by atoms with van der Waals surface area (Å²) in [6.45, 7) is 1.54. The summed E-state index contributed by atoms with van der Waals surface area (Å²) in [4.78, 5) is 8.16. The maximum absolute atomic E-state index is 10.9. The van der Waals surface area contributed by atoms with Crippen LogP contribution in [0.4, 0.5) is 5.82 Å². The Morgan fingerprint density at radius 1 is 1.50 bits per heavy atom. The molecule has 0 amide bonds. The molecule has 3 atom stereocenters.